The quantitative estimate of drug-likeness (QED) is 0.0272. The highest BCUT2D eigenvalue weighted by Crippen LogP contribution is 2.42. The van der Waals surface area contributed by atoms with Crippen LogP contribution in [0.3, 0.4) is 0 Å². The van der Waals surface area contributed by atoms with Crippen molar-refractivity contribution in [2.45, 2.75) is 393 Å². The second-order valence-electron chi connectivity index (χ2n) is 36.8. The van der Waals surface area contributed by atoms with E-state index in [9.17, 15) is 176 Å². The zero-order chi connectivity index (χ0) is 108. The summed E-state index contributed by atoms with van der Waals surface area (Å²) in [5.41, 5.74) is 0. The van der Waals surface area contributed by atoms with Gasteiger partial charge < -0.3 is 280 Å². The zero-order valence-electron chi connectivity index (χ0n) is 79.4. The number of nitrogens with one attached hydrogen (secondary N) is 8. The lowest BCUT2D eigenvalue weighted by molar-refractivity contribution is -0.405. The van der Waals surface area contributed by atoms with Gasteiger partial charge in [-0.2, -0.15) is 0 Å². The summed E-state index contributed by atoms with van der Waals surface area (Å²) < 4.78 is 129. The fourth-order valence-corrected chi connectivity index (χ4v) is 18.9. The second-order valence-corrected chi connectivity index (χ2v) is 36.8. The molecule has 8 amide bonds. The van der Waals surface area contributed by atoms with Gasteiger partial charge in [-0.3, -0.25) is 38.4 Å². The van der Waals surface area contributed by atoms with E-state index >= 15 is 0 Å². The van der Waals surface area contributed by atoms with Gasteiger partial charge in [-0.05, 0) is 0 Å². The zero-order valence-corrected chi connectivity index (χ0v) is 79.4. The molecule has 0 bridgehead atoms. The van der Waals surface area contributed by atoms with Crippen molar-refractivity contribution >= 4 is 47.3 Å². The van der Waals surface area contributed by atoms with E-state index in [4.69, 9.17) is 99.5 Å². The predicted molar refractivity (Wildman–Crippen MR) is 455 cm³/mol. The fourth-order valence-electron chi connectivity index (χ4n) is 18.9. The lowest BCUT2D eigenvalue weighted by Crippen LogP contribution is -2.71. The third kappa shape index (κ3) is 27.6. The molecule has 0 radical (unpaired) electrons. The van der Waals surface area contributed by atoms with Crippen LogP contribution in [0.2, 0.25) is 0 Å². The largest absolute Gasteiger partial charge is 0.394 e. The summed E-state index contributed by atoms with van der Waals surface area (Å²) in [4.78, 5) is 103. The Labute approximate surface area is 828 Å². The minimum atomic E-state index is -2.79. The molecule has 0 aromatic carbocycles. The van der Waals surface area contributed by atoms with Gasteiger partial charge in [0.15, 0.2) is 69.2 Å². The van der Waals surface area contributed by atoms with E-state index in [0.29, 0.717) is 0 Å². The molecule has 55 atom stereocenters. The number of aliphatic hydroxyl groups excluding tert-OH is 27. The van der Waals surface area contributed by atoms with Crippen LogP contribution in [0.5, 0.6) is 0 Å². The molecule has 11 fully saturated rings. The molecule has 0 saturated carbocycles. The third-order valence-corrected chi connectivity index (χ3v) is 26.2. The molecule has 11 aliphatic heterocycles. The van der Waals surface area contributed by atoms with E-state index in [1.807, 2.05) is 0 Å². The van der Waals surface area contributed by atoms with Crippen molar-refractivity contribution in [2.24, 2.45) is 0 Å². The Hall–Kier alpha value is -6.16. The first-order chi connectivity index (χ1) is 69.0. The molecule has 146 heavy (non-hydrogen) atoms. The highest BCUT2D eigenvalue weighted by molar-refractivity contribution is 5.76. The molecule has 64 heteroatoms. The lowest BCUT2D eigenvalue weighted by atomic mass is 9.93. The van der Waals surface area contributed by atoms with Crippen molar-refractivity contribution in [3.63, 3.8) is 0 Å². The molecule has 0 aromatic rings. The highest BCUT2D eigenvalue weighted by Gasteiger charge is 2.64. The maximum atomic E-state index is 13.5. The number of amides is 8. The van der Waals surface area contributed by atoms with Crippen LogP contribution >= 0.6 is 0 Å². The number of ether oxygens (including phenoxy) is 21. The number of carbonyl (C=O) groups excluding carboxylic acids is 8. The monoisotopic (exact) mass is 2130 g/mol. The molecule has 840 valence electrons. The normalized spacial score (nSPS) is 46.5. The molecule has 35 N–H and O–H groups in total. The Bertz CT molecular complexity index is 4190. The van der Waals surface area contributed by atoms with Gasteiger partial charge in [0.1, 0.15) is 268 Å². The van der Waals surface area contributed by atoms with Gasteiger partial charge in [-0.15, -0.1) is 0 Å². The van der Waals surface area contributed by atoms with Crippen LogP contribution in [0, 0.1) is 0 Å². The molecular weight excluding hydrogens is 1990 g/mol. The van der Waals surface area contributed by atoms with Crippen molar-refractivity contribution in [3.8, 4) is 0 Å². The SMILES string of the molecule is CC(=O)N[C@@H]1[C@@H](O)[C@H](O[C@@H]2O[C@H](CO)[C@@H](O[C@@H]3O[C@H](CO[C@H]4O[C@H](CO[C@@H]5O[C@H](CO)[C@@H](O)[C@H](O)[C@H]5NC(C)=O)[C@@H](O)[C@H](O)[C@@H]4O[C@@H]4O[C@H](CO)[C@@H](O[C@@H]5O[C@H](CO)[C@H](O)[C@H](O)[C@H]5NC(C)=O)[C@H](O)[C@H]4NC(C)=O)[C@@H](O)[C@H](O[C@H]4O[C@H](CO)[C@@H](O[C@@H]5O[C@H](CO)[C@@H](O)[C@H](O)[C@H]5NC(C)=O)[C@H](O)[C@@H]4O[C@@H]4O[C@H](CO)[C@@H](O[C@@H]5O[C@H](CO)[C@H](O)[C@H](O)[C@H]5NC(C)=O)[C@H](O)[C@H]4NC(C)=O)[C@@H]3O)[C@H](O)[C@H]2NC(C)=O)[C@@H](CO)O[C@H]1O. The van der Waals surface area contributed by atoms with E-state index in [0.717, 1.165) is 55.4 Å². The number of aliphatic hydroxyl groups is 27. The molecule has 11 aliphatic rings. The Morgan fingerprint density at radius 3 is 0.685 bits per heavy atom. The van der Waals surface area contributed by atoms with Gasteiger partial charge in [-0.25, -0.2) is 0 Å². The van der Waals surface area contributed by atoms with Gasteiger partial charge in [0.25, 0.3) is 0 Å². The summed E-state index contributed by atoms with van der Waals surface area (Å²) in [6.07, 6.45) is -103. The van der Waals surface area contributed by atoms with Crippen LogP contribution < -0.4 is 42.5 Å². The average Bonchev–Trinajstić information content (AvgIpc) is 0.747. The van der Waals surface area contributed by atoms with Crippen LogP contribution in [0.25, 0.3) is 0 Å². The van der Waals surface area contributed by atoms with E-state index in [2.05, 4.69) is 42.5 Å². The van der Waals surface area contributed by atoms with Gasteiger partial charge in [0.05, 0.1) is 72.7 Å². The van der Waals surface area contributed by atoms with Gasteiger partial charge in [-0.1, -0.05) is 0 Å². The van der Waals surface area contributed by atoms with Crippen molar-refractivity contribution < 1.29 is 276 Å². The summed E-state index contributed by atoms with van der Waals surface area (Å²) in [7, 11) is 0. The van der Waals surface area contributed by atoms with Crippen molar-refractivity contribution in [3.05, 3.63) is 0 Å². The minimum absolute atomic E-state index is 0.842. The first kappa shape index (κ1) is 120. The van der Waals surface area contributed by atoms with Crippen LogP contribution in [-0.2, 0) is 138 Å². The van der Waals surface area contributed by atoms with Crippen molar-refractivity contribution in [1.29, 1.82) is 0 Å². The predicted octanol–water partition coefficient (Wildman–Crippen LogP) is -23.8. The number of hydrogen-bond acceptors (Lipinski definition) is 56. The molecule has 11 saturated heterocycles. The highest BCUT2D eigenvalue weighted by atomic mass is 16.8. The van der Waals surface area contributed by atoms with Crippen LogP contribution in [-0.4, -0.2) is 595 Å². The molecule has 64 nitrogen and oxygen atoms in total. The summed E-state index contributed by atoms with van der Waals surface area (Å²) in [6.45, 7) is -5.43. The average molecular weight is 2130 g/mol. The van der Waals surface area contributed by atoms with Crippen LogP contribution in [0.15, 0.2) is 0 Å². The summed E-state index contributed by atoms with van der Waals surface area (Å²) in [5.74, 6) is -7.51. The van der Waals surface area contributed by atoms with Crippen LogP contribution in [0.4, 0.5) is 0 Å². The number of carbonyl (C=O) groups is 8. The molecule has 0 unspecified atom stereocenters. The third-order valence-electron chi connectivity index (χ3n) is 26.2. The minimum Gasteiger partial charge on any atom is -0.394 e. The maximum Gasteiger partial charge on any atom is 0.217 e. The first-order valence-electron chi connectivity index (χ1n) is 46.6. The Kier molecular flexibility index (Phi) is 43.7. The van der Waals surface area contributed by atoms with E-state index < -0.39 is 457 Å². The Morgan fingerprint density at radius 2 is 0.377 bits per heavy atom. The van der Waals surface area contributed by atoms with E-state index in [-0.39, 0.29) is 0 Å². The van der Waals surface area contributed by atoms with Gasteiger partial charge in [0, 0.05) is 55.4 Å². The number of rotatable bonds is 39. The molecule has 11 heterocycles. The topological polar surface area (TPSA) is 973 Å². The smallest absolute Gasteiger partial charge is 0.217 e. The molecule has 11 rings (SSSR count). The standard InChI is InChI=1S/C82H136N8O56/c1-20(100)83-39-57(118)64(32(13-95)128-72(39)125)139-77-44(88-25(6)105)60(121)67(35(16-98)133-77)143-80-63(124)69(144-82-71(62(123)68(36(17-99)136-82)142-76-43(87-24(5)104)56(117)50(111)31(12-94)132-76)146-79-46(90-27(8)107)59(120)66(34(15-97)135-79)141-75-42(86-23(4)103)55(116)49(110)30(11-93)131-75)52(113)38(137-80)19-127-81-70(61(122)51(112)37(138-81)18-126-73-40(84-21(2)101)53(114)47(108)28(9-91)129-73)145-78-45(89-26(7)106)58(119)65(33(14-96)134-78)140-74-41(85-22(3)102)54(115)48(109)29(10-92)130-74/h28-82,91-99,108-125H,9-19H2,1-8H3,(H,83,100)(H,84,101)(H,85,102)(H,86,103)(H,87,104)(H,88,105)(H,89,106)(H,90,107)/t28-,29-,30-,31-,32-,33-,34-,35-,36-,37-,38-,39-,40-,41-,42-,43-,44-,45-,46-,47-,48+,49+,50-,51-,52-,53-,54-,55-,56-,57-,58-,59-,60-,61+,62+,63+,64-,65-,66-,67-,68-,69+,70+,71+,72-,73-,74+,75+,76+,77+,78+,79+,80+,81+,82-/m1/s1. The summed E-state index contributed by atoms with van der Waals surface area (Å²) in [5, 5.41) is 329. The maximum absolute atomic E-state index is 13.5. The molecule has 0 aliphatic carbocycles. The molecular formula is C82H136N8O56. The Morgan fingerprint density at radius 1 is 0.178 bits per heavy atom. The molecule has 0 spiro atoms. The van der Waals surface area contributed by atoms with Crippen molar-refractivity contribution in [1.82, 2.24) is 42.5 Å². The van der Waals surface area contributed by atoms with Gasteiger partial charge in [0.2, 0.25) is 47.3 Å². The van der Waals surface area contributed by atoms with Crippen LogP contribution in [0.1, 0.15) is 55.4 Å². The van der Waals surface area contributed by atoms with Gasteiger partial charge >= 0.3 is 0 Å². The number of hydrogen-bond donors (Lipinski definition) is 35. The van der Waals surface area contributed by atoms with E-state index in [1.54, 1.807) is 0 Å². The van der Waals surface area contributed by atoms with E-state index in [1.165, 1.54) is 0 Å². The lowest BCUT2D eigenvalue weighted by Gasteiger charge is -2.52. The summed E-state index contributed by atoms with van der Waals surface area (Å²) >= 11 is 0. The first-order valence-corrected chi connectivity index (χ1v) is 46.6. The Balaban J connectivity index is 1.02. The fraction of sp³-hybridized carbons (Fsp3) is 0.902. The van der Waals surface area contributed by atoms with Crippen molar-refractivity contribution in [2.75, 3.05) is 72.7 Å². The second kappa shape index (κ2) is 53.1. The summed E-state index contributed by atoms with van der Waals surface area (Å²) in [6, 6.07) is -15.2. The molecule has 0 aromatic heterocycles.